The molecule has 104 valence electrons. The van der Waals surface area contributed by atoms with Crippen LogP contribution in [-0.4, -0.2) is 42.5 Å². The highest BCUT2D eigenvalue weighted by Crippen LogP contribution is 2.15. The molecular formula is C15H23N3O. The number of anilines is 1. The number of nitrogens with zero attached hydrogens (tertiary/aromatic N) is 3. The third-order valence-corrected chi connectivity index (χ3v) is 3.42. The minimum Gasteiger partial charge on any atom is -0.359 e. The third kappa shape index (κ3) is 3.46. The van der Waals surface area contributed by atoms with Gasteiger partial charge in [-0.25, -0.2) is 4.98 Å². The molecule has 1 aliphatic rings. The summed E-state index contributed by atoms with van der Waals surface area (Å²) >= 11 is 0. The van der Waals surface area contributed by atoms with Crippen LogP contribution >= 0.6 is 0 Å². The molecule has 0 atom stereocenters. The Bertz CT molecular complexity index is 422. The van der Waals surface area contributed by atoms with E-state index in [0.29, 0.717) is 11.5 Å². The van der Waals surface area contributed by atoms with Gasteiger partial charge in [0, 0.05) is 32.9 Å². The Morgan fingerprint density at radius 2 is 2.05 bits per heavy atom. The quantitative estimate of drug-likeness (QED) is 0.835. The molecule has 4 nitrogen and oxygen atoms in total. The standard InChI is InChI=1S/C15H23N3O/c1-12(2)11-17(3)14-7-6-13(10-16-14)15(19)18-8-4-5-9-18/h6-7,10,12H,4-5,8-9,11H2,1-3H3. The predicted molar refractivity (Wildman–Crippen MR) is 77.5 cm³/mol. The summed E-state index contributed by atoms with van der Waals surface area (Å²) in [4.78, 5) is 20.6. The molecule has 1 aromatic rings. The summed E-state index contributed by atoms with van der Waals surface area (Å²) in [5, 5.41) is 0. The molecule has 2 rings (SSSR count). The average molecular weight is 261 g/mol. The molecule has 0 N–H and O–H groups in total. The number of hydrogen-bond donors (Lipinski definition) is 0. The van der Waals surface area contributed by atoms with Crippen LogP contribution in [-0.2, 0) is 0 Å². The van der Waals surface area contributed by atoms with E-state index in [-0.39, 0.29) is 5.91 Å². The molecule has 0 saturated carbocycles. The van der Waals surface area contributed by atoms with E-state index >= 15 is 0 Å². The lowest BCUT2D eigenvalue weighted by Gasteiger charge is -2.21. The molecule has 0 spiro atoms. The molecule has 0 radical (unpaired) electrons. The molecule has 1 amide bonds. The van der Waals surface area contributed by atoms with Gasteiger partial charge in [0.2, 0.25) is 0 Å². The lowest BCUT2D eigenvalue weighted by Crippen LogP contribution is -2.28. The van der Waals surface area contributed by atoms with Gasteiger partial charge in [-0.1, -0.05) is 13.8 Å². The lowest BCUT2D eigenvalue weighted by molar-refractivity contribution is 0.0792. The Balaban J connectivity index is 2.03. The molecule has 1 aromatic heterocycles. The zero-order chi connectivity index (χ0) is 13.8. The van der Waals surface area contributed by atoms with Gasteiger partial charge in [0.1, 0.15) is 5.82 Å². The molecular weight excluding hydrogens is 238 g/mol. The van der Waals surface area contributed by atoms with E-state index in [2.05, 4.69) is 23.7 Å². The third-order valence-electron chi connectivity index (χ3n) is 3.42. The molecule has 2 heterocycles. The van der Waals surface area contributed by atoms with Crippen molar-refractivity contribution in [2.24, 2.45) is 5.92 Å². The molecule has 1 fully saturated rings. The zero-order valence-corrected chi connectivity index (χ0v) is 12.1. The number of rotatable bonds is 4. The van der Waals surface area contributed by atoms with Crippen molar-refractivity contribution >= 4 is 11.7 Å². The van der Waals surface area contributed by atoms with Gasteiger partial charge in [-0.2, -0.15) is 0 Å². The summed E-state index contributed by atoms with van der Waals surface area (Å²) in [6, 6.07) is 3.82. The van der Waals surface area contributed by atoms with Crippen molar-refractivity contribution < 1.29 is 4.79 Å². The minimum atomic E-state index is 0.114. The van der Waals surface area contributed by atoms with Crippen LogP contribution < -0.4 is 4.90 Å². The van der Waals surface area contributed by atoms with Crippen molar-refractivity contribution in [3.05, 3.63) is 23.9 Å². The molecule has 1 saturated heterocycles. The predicted octanol–water partition coefficient (Wildman–Crippen LogP) is 2.41. The maximum atomic E-state index is 12.2. The number of hydrogen-bond acceptors (Lipinski definition) is 3. The summed E-state index contributed by atoms with van der Waals surface area (Å²) in [6.07, 6.45) is 3.94. The van der Waals surface area contributed by atoms with E-state index in [1.54, 1.807) is 6.20 Å². The molecule has 0 aliphatic carbocycles. The number of aromatic nitrogens is 1. The zero-order valence-electron chi connectivity index (χ0n) is 12.1. The summed E-state index contributed by atoms with van der Waals surface area (Å²) in [7, 11) is 2.03. The van der Waals surface area contributed by atoms with Crippen LogP contribution in [0.1, 0.15) is 37.0 Å². The monoisotopic (exact) mass is 261 g/mol. The van der Waals surface area contributed by atoms with Crippen molar-refractivity contribution in [2.75, 3.05) is 31.6 Å². The first kappa shape index (κ1) is 13.8. The Labute approximate surface area is 115 Å². The molecule has 0 unspecified atom stereocenters. The van der Waals surface area contributed by atoms with Crippen LogP contribution in [0.3, 0.4) is 0 Å². The fourth-order valence-corrected chi connectivity index (χ4v) is 2.48. The van der Waals surface area contributed by atoms with Gasteiger partial charge in [-0.05, 0) is 30.9 Å². The smallest absolute Gasteiger partial charge is 0.255 e. The molecule has 0 bridgehead atoms. The van der Waals surface area contributed by atoms with Gasteiger partial charge in [0.15, 0.2) is 0 Å². The fourth-order valence-electron chi connectivity index (χ4n) is 2.48. The van der Waals surface area contributed by atoms with E-state index in [0.717, 1.165) is 38.3 Å². The van der Waals surface area contributed by atoms with E-state index in [1.165, 1.54) is 0 Å². The summed E-state index contributed by atoms with van der Waals surface area (Å²) in [5.74, 6) is 1.63. The maximum absolute atomic E-state index is 12.2. The highest BCUT2D eigenvalue weighted by Gasteiger charge is 2.19. The average Bonchev–Trinajstić information content (AvgIpc) is 2.91. The van der Waals surface area contributed by atoms with E-state index in [9.17, 15) is 4.79 Å². The first-order valence-corrected chi connectivity index (χ1v) is 7.04. The molecule has 19 heavy (non-hydrogen) atoms. The van der Waals surface area contributed by atoms with Gasteiger partial charge < -0.3 is 9.80 Å². The first-order valence-electron chi connectivity index (χ1n) is 7.04. The van der Waals surface area contributed by atoms with Crippen LogP contribution in [0.25, 0.3) is 0 Å². The van der Waals surface area contributed by atoms with Crippen molar-refractivity contribution in [1.29, 1.82) is 0 Å². The largest absolute Gasteiger partial charge is 0.359 e. The van der Waals surface area contributed by atoms with Crippen molar-refractivity contribution in [3.63, 3.8) is 0 Å². The van der Waals surface area contributed by atoms with Crippen LogP contribution in [0, 0.1) is 5.92 Å². The second-order valence-corrected chi connectivity index (χ2v) is 5.68. The Morgan fingerprint density at radius 1 is 1.37 bits per heavy atom. The van der Waals surface area contributed by atoms with E-state index in [1.807, 2.05) is 24.1 Å². The number of carbonyl (C=O) groups is 1. The topological polar surface area (TPSA) is 36.4 Å². The van der Waals surface area contributed by atoms with Crippen molar-refractivity contribution in [2.45, 2.75) is 26.7 Å². The summed E-state index contributed by atoms with van der Waals surface area (Å²) in [5.41, 5.74) is 0.698. The number of amides is 1. The van der Waals surface area contributed by atoms with Crippen molar-refractivity contribution in [1.82, 2.24) is 9.88 Å². The number of likely N-dealkylation sites (tertiary alicyclic amines) is 1. The number of pyridine rings is 1. The molecule has 1 aliphatic heterocycles. The van der Waals surface area contributed by atoms with E-state index in [4.69, 9.17) is 0 Å². The van der Waals surface area contributed by atoms with Gasteiger partial charge >= 0.3 is 0 Å². The summed E-state index contributed by atoms with van der Waals surface area (Å²) < 4.78 is 0. The molecule has 0 aromatic carbocycles. The van der Waals surface area contributed by atoms with Gasteiger partial charge in [-0.15, -0.1) is 0 Å². The first-order chi connectivity index (χ1) is 9.08. The van der Waals surface area contributed by atoms with Crippen LogP contribution in [0.5, 0.6) is 0 Å². The minimum absolute atomic E-state index is 0.114. The second-order valence-electron chi connectivity index (χ2n) is 5.68. The van der Waals surface area contributed by atoms with Gasteiger partial charge in [0.25, 0.3) is 5.91 Å². The highest BCUT2D eigenvalue weighted by atomic mass is 16.2. The van der Waals surface area contributed by atoms with E-state index < -0.39 is 0 Å². The normalized spacial score (nSPS) is 15.1. The van der Waals surface area contributed by atoms with Crippen LogP contribution in [0.4, 0.5) is 5.82 Å². The molecule has 4 heteroatoms. The van der Waals surface area contributed by atoms with Crippen LogP contribution in [0.15, 0.2) is 18.3 Å². The second kappa shape index (κ2) is 6.04. The van der Waals surface area contributed by atoms with Crippen molar-refractivity contribution in [3.8, 4) is 0 Å². The lowest BCUT2D eigenvalue weighted by atomic mass is 10.2. The maximum Gasteiger partial charge on any atom is 0.255 e. The Morgan fingerprint density at radius 3 is 2.58 bits per heavy atom. The Kier molecular flexibility index (Phi) is 4.40. The fraction of sp³-hybridized carbons (Fsp3) is 0.600. The highest BCUT2D eigenvalue weighted by molar-refractivity contribution is 5.94. The van der Waals surface area contributed by atoms with Gasteiger partial charge in [-0.3, -0.25) is 4.79 Å². The van der Waals surface area contributed by atoms with Crippen LogP contribution in [0.2, 0.25) is 0 Å². The summed E-state index contributed by atoms with van der Waals surface area (Å²) in [6.45, 7) is 7.09. The SMILES string of the molecule is CC(C)CN(C)c1ccc(C(=O)N2CCCC2)cn1. The Hall–Kier alpha value is -1.58. The number of carbonyl (C=O) groups excluding carboxylic acids is 1. The van der Waals surface area contributed by atoms with Gasteiger partial charge in [0.05, 0.1) is 5.56 Å².